The molecule has 0 aliphatic carbocycles. The Kier molecular flexibility index (Phi) is 2.29. The number of aromatic nitrogens is 2. The van der Waals surface area contributed by atoms with Crippen LogP contribution in [0.25, 0.3) is 0 Å². The Morgan fingerprint density at radius 1 is 1.55 bits per heavy atom. The maximum absolute atomic E-state index is 11.1. The second kappa shape index (κ2) is 3.05. The fraction of sp³-hybridized carbons (Fsp3) is 0.429. The van der Waals surface area contributed by atoms with E-state index < -0.39 is 0 Å². The zero-order valence-corrected chi connectivity index (χ0v) is 7.17. The Labute approximate surface area is 69.6 Å². The first kappa shape index (κ1) is 8.27. The summed E-state index contributed by atoms with van der Waals surface area (Å²) in [4.78, 5) is 11.1. The van der Waals surface area contributed by atoms with Crippen molar-refractivity contribution in [3.8, 4) is 0 Å². The number of nitrogens with zero attached hydrogens (tertiary/aromatic N) is 2. The van der Waals surface area contributed by atoms with E-state index in [-0.39, 0.29) is 11.6 Å². The zero-order valence-electron chi connectivity index (χ0n) is 6.41. The van der Waals surface area contributed by atoms with E-state index in [2.05, 4.69) is 5.10 Å². The smallest absolute Gasteiger partial charge is 0.267 e. The predicted molar refractivity (Wildman–Crippen MR) is 43.9 cm³/mol. The molecule has 1 heterocycles. The molecule has 0 aliphatic heterocycles. The Morgan fingerprint density at radius 2 is 2.18 bits per heavy atom. The molecule has 0 fully saturated rings. The van der Waals surface area contributed by atoms with Crippen LogP contribution in [0.5, 0.6) is 0 Å². The Bertz CT molecular complexity index is 306. The van der Waals surface area contributed by atoms with E-state index >= 15 is 0 Å². The van der Waals surface area contributed by atoms with Crippen LogP contribution in [0.2, 0.25) is 5.15 Å². The molecular weight excluding hydrogens is 164 g/mol. The van der Waals surface area contributed by atoms with Crippen LogP contribution < -0.4 is 5.56 Å². The molecule has 0 amide bonds. The molecule has 3 nitrogen and oxygen atoms in total. The third kappa shape index (κ3) is 1.80. The van der Waals surface area contributed by atoms with Crippen LogP contribution in [0, 0.1) is 0 Å². The molecule has 0 aliphatic rings. The quantitative estimate of drug-likeness (QED) is 0.643. The molecule has 60 valence electrons. The van der Waals surface area contributed by atoms with Crippen molar-refractivity contribution in [1.29, 1.82) is 0 Å². The first-order valence-corrected chi connectivity index (χ1v) is 3.74. The van der Waals surface area contributed by atoms with Crippen LogP contribution in [0.4, 0.5) is 0 Å². The highest BCUT2D eigenvalue weighted by Crippen LogP contribution is 2.02. The van der Waals surface area contributed by atoms with Gasteiger partial charge in [-0.05, 0) is 19.9 Å². The molecule has 0 unspecified atom stereocenters. The predicted octanol–water partition coefficient (Wildman–Crippen LogP) is 1.48. The number of hydrogen-bond acceptors (Lipinski definition) is 2. The summed E-state index contributed by atoms with van der Waals surface area (Å²) in [6.45, 7) is 3.76. The van der Waals surface area contributed by atoms with Gasteiger partial charge in [-0.2, -0.15) is 5.10 Å². The van der Waals surface area contributed by atoms with Gasteiger partial charge in [0.05, 0.1) is 6.04 Å². The molecule has 0 saturated carbocycles. The van der Waals surface area contributed by atoms with Crippen molar-refractivity contribution in [3.05, 3.63) is 27.6 Å². The van der Waals surface area contributed by atoms with E-state index in [0.29, 0.717) is 5.15 Å². The summed E-state index contributed by atoms with van der Waals surface area (Å²) in [5.74, 6) is 0. The van der Waals surface area contributed by atoms with Crippen molar-refractivity contribution in [2.75, 3.05) is 0 Å². The highest BCUT2D eigenvalue weighted by atomic mass is 35.5. The van der Waals surface area contributed by atoms with Gasteiger partial charge in [-0.25, -0.2) is 4.68 Å². The van der Waals surface area contributed by atoms with Crippen LogP contribution in [-0.4, -0.2) is 9.78 Å². The highest BCUT2D eigenvalue weighted by Gasteiger charge is 2.01. The average molecular weight is 173 g/mol. The lowest BCUT2D eigenvalue weighted by Gasteiger charge is -2.06. The maximum Gasteiger partial charge on any atom is 0.267 e. The van der Waals surface area contributed by atoms with Crippen molar-refractivity contribution in [2.45, 2.75) is 19.9 Å². The average Bonchev–Trinajstić information content (AvgIpc) is 1.94. The minimum absolute atomic E-state index is 0.0567. The van der Waals surface area contributed by atoms with Gasteiger partial charge in [0.15, 0.2) is 0 Å². The molecule has 1 aromatic heterocycles. The second-order valence-corrected chi connectivity index (χ2v) is 2.92. The van der Waals surface area contributed by atoms with Crippen molar-refractivity contribution >= 4 is 11.6 Å². The van der Waals surface area contributed by atoms with Gasteiger partial charge in [-0.15, -0.1) is 0 Å². The summed E-state index contributed by atoms with van der Waals surface area (Å²) >= 11 is 5.59. The standard InChI is InChI=1S/C7H9ClN2O/c1-5(2)10-7(11)4-3-6(8)9-10/h3-5H,1-2H3. The van der Waals surface area contributed by atoms with Gasteiger partial charge in [0.25, 0.3) is 5.56 Å². The highest BCUT2D eigenvalue weighted by molar-refractivity contribution is 6.29. The van der Waals surface area contributed by atoms with Gasteiger partial charge in [0.2, 0.25) is 0 Å². The number of hydrogen-bond donors (Lipinski definition) is 0. The zero-order chi connectivity index (χ0) is 8.43. The summed E-state index contributed by atoms with van der Waals surface area (Å²) < 4.78 is 1.35. The van der Waals surface area contributed by atoms with E-state index in [9.17, 15) is 4.79 Å². The molecule has 0 N–H and O–H groups in total. The summed E-state index contributed by atoms with van der Waals surface area (Å²) in [5, 5.41) is 4.19. The van der Waals surface area contributed by atoms with Gasteiger partial charge < -0.3 is 0 Å². The van der Waals surface area contributed by atoms with E-state index in [1.807, 2.05) is 13.8 Å². The van der Waals surface area contributed by atoms with Crippen LogP contribution in [0.3, 0.4) is 0 Å². The van der Waals surface area contributed by atoms with Crippen molar-refractivity contribution < 1.29 is 0 Å². The SMILES string of the molecule is CC(C)n1nc(Cl)ccc1=O. The lowest BCUT2D eigenvalue weighted by molar-refractivity contribution is 0.503. The van der Waals surface area contributed by atoms with Gasteiger partial charge in [0.1, 0.15) is 5.15 Å². The molecule has 0 radical (unpaired) electrons. The van der Waals surface area contributed by atoms with E-state index in [4.69, 9.17) is 11.6 Å². The molecule has 0 spiro atoms. The summed E-state index contributed by atoms with van der Waals surface area (Å²) in [6.07, 6.45) is 0. The third-order valence-electron chi connectivity index (χ3n) is 1.28. The minimum Gasteiger partial charge on any atom is -0.268 e. The van der Waals surface area contributed by atoms with Gasteiger partial charge in [-0.3, -0.25) is 4.79 Å². The van der Waals surface area contributed by atoms with Gasteiger partial charge >= 0.3 is 0 Å². The largest absolute Gasteiger partial charge is 0.268 e. The first-order chi connectivity index (χ1) is 5.11. The summed E-state index contributed by atoms with van der Waals surface area (Å²) in [5.41, 5.74) is -0.121. The molecule has 1 aromatic rings. The summed E-state index contributed by atoms with van der Waals surface area (Å²) in [6, 6.07) is 2.96. The maximum atomic E-state index is 11.1. The van der Waals surface area contributed by atoms with Crippen LogP contribution >= 0.6 is 11.6 Å². The monoisotopic (exact) mass is 172 g/mol. The van der Waals surface area contributed by atoms with E-state index in [1.54, 1.807) is 0 Å². The molecule has 0 bridgehead atoms. The minimum atomic E-state index is -0.121. The Morgan fingerprint density at radius 3 is 2.64 bits per heavy atom. The lowest BCUT2D eigenvalue weighted by Crippen LogP contribution is -2.23. The summed E-state index contributed by atoms with van der Waals surface area (Å²) in [7, 11) is 0. The topological polar surface area (TPSA) is 34.9 Å². The van der Waals surface area contributed by atoms with Crippen molar-refractivity contribution in [2.24, 2.45) is 0 Å². The van der Waals surface area contributed by atoms with E-state index in [1.165, 1.54) is 16.8 Å². The number of halogens is 1. The van der Waals surface area contributed by atoms with Crippen LogP contribution in [0.1, 0.15) is 19.9 Å². The molecule has 0 atom stereocenters. The molecule has 0 aromatic carbocycles. The molecule has 4 heteroatoms. The normalized spacial score (nSPS) is 10.5. The van der Waals surface area contributed by atoms with Gasteiger partial charge in [-0.1, -0.05) is 11.6 Å². The van der Waals surface area contributed by atoms with E-state index in [0.717, 1.165) is 0 Å². The molecule has 0 saturated heterocycles. The first-order valence-electron chi connectivity index (χ1n) is 3.36. The fourth-order valence-corrected chi connectivity index (χ4v) is 0.916. The molecule has 1 rings (SSSR count). The van der Waals surface area contributed by atoms with Gasteiger partial charge in [0, 0.05) is 6.07 Å². The lowest BCUT2D eigenvalue weighted by atomic mass is 10.4. The third-order valence-corrected chi connectivity index (χ3v) is 1.48. The Hall–Kier alpha value is -0.830. The molecular formula is C7H9ClN2O. The van der Waals surface area contributed by atoms with Crippen molar-refractivity contribution in [1.82, 2.24) is 9.78 Å². The van der Waals surface area contributed by atoms with Crippen molar-refractivity contribution in [3.63, 3.8) is 0 Å². The van der Waals surface area contributed by atoms with Crippen LogP contribution in [0.15, 0.2) is 16.9 Å². The molecule has 11 heavy (non-hydrogen) atoms. The second-order valence-electron chi connectivity index (χ2n) is 2.53. The number of rotatable bonds is 1. The fourth-order valence-electron chi connectivity index (χ4n) is 0.772. The van der Waals surface area contributed by atoms with Crippen LogP contribution in [-0.2, 0) is 0 Å². The Balaban J connectivity index is 3.24.